The van der Waals surface area contributed by atoms with Crippen LogP contribution in [0.3, 0.4) is 0 Å². The van der Waals surface area contributed by atoms with E-state index in [1.54, 1.807) is 31.2 Å². The minimum atomic E-state index is -4.45. The number of benzene rings is 1. The Balaban J connectivity index is 2.76. The van der Waals surface area contributed by atoms with Crippen molar-refractivity contribution in [3.05, 3.63) is 35.9 Å². The maximum absolute atomic E-state index is 10.4. The quantitative estimate of drug-likeness (QED) is 0.744. The highest BCUT2D eigenvalue weighted by atomic mass is 32.3. The molecule has 0 spiro atoms. The van der Waals surface area contributed by atoms with Gasteiger partial charge in [0, 0.05) is 0 Å². The van der Waals surface area contributed by atoms with E-state index >= 15 is 0 Å². The minimum Gasteiger partial charge on any atom is -0.320 e. The zero-order chi connectivity index (χ0) is 11.5. The molecular weight excluding hydrogens is 218 g/mol. The second-order valence-electron chi connectivity index (χ2n) is 3.47. The van der Waals surface area contributed by atoms with E-state index in [-0.39, 0.29) is 6.61 Å². The molecule has 0 saturated carbocycles. The average molecular weight is 231 g/mol. The molecule has 0 aromatic heterocycles. The van der Waals surface area contributed by atoms with Crippen LogP contribution < -0.4 is 5.73 Å². The molecule has 1 rings (SSSR count). The van der Waals surface area contributed by atoms with Gasteiger partial charge in [-0.05, 0) is 12.5 Å². The van der Waals surface area contributed by atoms with Crippen LogP contribution in [-0.2, 0) is 20.1 Å². The fraction of sp³-hybridized carbons (Fsp3) is 0.333. The number of hydrogen-bond donors (Lipinski definition) is 2. The molecule has 0 fully saturated rings. The molecule has 0 bridgehead atoms. The van der Waals surface area contributed by atoms with Crippen LogP contribution in [0.2, 0.25) is 0 Å². The number of nitrogens with two attached hydrogens (primary N) is 1. The van der Waals surface area contributed by atoms with Gasteiger partial charge in [-0.25, -0.2) is 4.18 Å². The molecule has 84 valence electrons. The Morgan fingerprint density at radius 2 is 1.93 bits per heavy atom. The normalized spacial score (nSPS) is 15.9. The van der Waals surface area contributed by atoms with E-state index in [2.05, 4.69) is 4.18 Å². The van der Waals surface area contributed by atoms with Crippen molar-refractivity contribution in [1.29, 1.82) is 0 Å². The zero-order valence-corrected chi connectivity index (χ0v) is 9.07. The first-order chi connectivity index (χ1) is 6.81. The Kier molecular flexibility index (Phi) is 3.46. The Morgan fingerprint density at radius 3 is 2.40 bits per heavy atom. The standard InChI is InChI=1S/C9H13NO4S/c1-9(10,7-14-15(11,12)13)8-5-3-2-4-6-8/h2-6H,7,10H2,1H3,(H,11,12,13). The summed E-state index contributed by atoms with van der Waals surface area (Å²) < 4.78 is 33.4. The summed E-state index contributed by atoms with van der Waals surface area (Å²) >= 11 is 0. The van der Waals surface area contributed by atoms with Gasteiger partial charge in [0.05, 0.1) is 12.1 Å². The van der Waals surface area contributed by atoms with Gasteiger partial charge >= 0.3 is 10.4 Å². The molecule has 6 heteroatoms. The summed E-state index contributed by atoms with van der Waals surface area (Å²) in [6, 6.07) is 8.91. The Morgan fingerprint density at radius 1 is 1.40 bits per heavy atom. The Bertz CT molecular complexity index is 413. The molecule has 0 aliphatic heterocycles. The van der Waals surface area contributed by atoms with E-state index in [0.717, 1.165) is 5.56 Å². The monoisotopic (exact) mass is 231 g/mol. The molecule has 0 aliphatic carbocycles. The lowest BCUT2D eigenvalue weighted by molar-refractivity contribution is 0.209. The molecule has 1 atom stereocenters. The molecule has 0 radical (unpaired) electrons. The van der Waals surface area contributed by atoms with E-state index in [0.29, 0.717) is 0 Å². The SMILES string of the molecule is CC(N)(COS(=O)(=O)O)c1ccccc1. The lowest BCUT2D eigenvalue weighted by Crippen LogP contribution is -2.38. The van der Waals surface area contributed by atoms with Crippen LogP contribution in [0.25, 0.3) is 0 Å². The molecule has 3 N–H and O–H groups in total. The van der Waals surface area contributed by atoms with E-state index in [1.165, 1.54) is 0 Å². The third-order valence-electron chi connectivity index (χ3n) is 1.94. The summed E-state index contributed by atoms with van der Waals surface area (Å²) in [5, 5.41) is 0. The first-order valence-electron chi connectivity index (χ1n) is 4.27. The van der Waals surface area contributed by atoms with E-state index < -0.39 is 15.9 Å². The van der Waals surface area contributed by atoms with E-state index in [9.17, 15) is 8.42 Å². The van der Waals surface area contributed by atoms with Crippen molar-refractivity contribution in [3.63, 3.8) is 0 Å². The second-order valence-corrected chi connectivity index (χ2v) is 4.56. The van der Waals surface area contributed by atoms with Crippen molar-refractivity contribution in [1.82, 2.24) is 0 Å². The fourth-order valence-corrected chi connectivity index (χ4v) is 1.49. The van der Waals surface area contributed by atoms with Gasteiger partial charge in [-0.2, -0.15) is 8.42 Å². The van der Waals surface area contributed by atoms with Crippen LogP contribution in [0, 0.1) is 0 Å². The second kappa shape index (κ2) is 4.28. The molecule has 0 amide bonds. The summed E-state index contributed by atoms with van der Waals surface area (Å²) in [7, 11) is -4.45. The molecule has 1 aromatic carbocycles. The van der Waals surface area contributed by atoms with Crippen molar-refractivity contribution in [2.45, 2.75) is 12.5 Å². The molecular formula is C9H13NO4S. The van der Waals surface area contributed by atoms with Crippen LogP contribution in [-0.4, -0.2) is 19.6 Å². The maximum atomic E-state index is 10.4. The summed E-state index contributed by atoms with van der Waals surface area (Å²) in [6.45, 7) is 1.31. The van der Waals surface area contributed by atoms with Crippen LogP contribution in [0.5, 0.6) is 0 Å². The lowest BCUT2D eigenvalue weighted by Gasteiger charge is -2.23. The van der Waals surface area contributed by atoms with Crippen molar-refractivity contribution < 1.29 is 17.2 Å². The van der Waals surface area contributed by atoms with E-state index in [1.807, 2.05) is 6.07 Å². The third kappa shape index (κ3) is 3.96. The van der Waals surface area contributed by atoms with Gasteiger partial charge in [-0.15, -0.1) is 0 Å². The van der Waals surface area contributed by atoms with Crippen LogP contribution in [0.1, 0.15) is 12.5 Å². The highest BCUT2D eigenvalue weighted by molar-refractivity contribution is 7.80. The maximum Gasteiger partial charge on any atom is 0.397 e. The molecule has 1 aromatic rings. The Hall–Kier alpha value is -0.950. The topological polar surface area (TPSA) is 89.6 Å². The van der Waals surface area contributed by atoms with Gasteiger partial charge in [-0.1, -0.05) is 30.3 Å². The van der Waals surface area contributed by atoms with Gasteiger partial charge in [0.15, 0.2) is 0 Å². The largest absolute Gasteiger partial charge is 0.397 e. The lowest BCUT2D eigenvalue weighted by atomic mass is 9.95. The zero-order valence-electron chi connectivity index (χ0n) is 8.25. The molecule has 5 nitrogen and oxygen atoms in total. The molecule has 0 heterocycles. The predicted octanol–water partition coefficient (Wildman–Crippen LogP) is 0.680. The summed E-state index contributed by atoms with van der Waals surface area (Å²) in [4.78, 5) is 0. The first-order valence-corrected chi connectivity index (χ1v) is 5.64. The minimum absolute atomic E-state index is 0.310. The summed E-state index contributed by atoms with van der Waals surface area (Å²) in [5.41, 5.74) is 5.61. The van der Waals surface area contributed by atoms with Crippen molar-refractivity contribution in [3.8, 4) is 0 Å². The third-order valence-corrected chi connectivity index (χ3v) is 2.36. The molecule has 0 aliphatic rings. The van der Waals surface area contributed by atoms with Crippen LogP contribution >= 0.6 is 0 Å². The van der Waals surface area contributed by atoms with Crippen LogP contribution in [0.4, 0.5) is 0 Å². The van der Waals surface area contributed by atoms with Gasteiger partial charge in [0.2, 0.25) is 0 Å². The van der Waals surface area contributed by atoms with Gasteiger partial charge in [-0.3, -0.25) is 4.55 Å². The fourth-order valence-electron chi connectivity index (χ4n) is 1.10. The average Bonchev–Trinajstić information content (AvgIpc) is 2.16. The van der Waals surface area contributed by atoms with Crippen molar-refractivity contribution in [2.75, 3.05) is 6.61 Å². The molecule has 1 unspecified atom stereocenters. The molecule has 0 saturated heterocycles. The smallest absolute Gasteiger partial charge is 0.320 e. The molecule has 15 heavy (non-hydrogen) atoms. The highest BCUT2D eigenvalue weighted by Gasteiger charge is 2.23. The predicted molar refractivity (Wildman–Crippen MR) is 55.5 cm³/mol. The summed E-state index contributed by atoms with van der Waals surface area (Å²) in [5.74, 6) is 0. The van der Waals surface area contributed by atoms with E-state index in [4.69, 9.17) is 10.3 Å². The Labute approximate surface area is 88.8 Å². The number of hydrogen-bond acceptors (Lipinski definition) is 4. The van der Waals surface area contributed by atoms with Gasteiger partial charge < -0.3 is 5.73 Å². The van der Waals surface area contributed by atoms with Gasteiger partial charge in [0.1, 0.15) is 0 Å². The van der Waals surface area contributed by atoms with Crippen LogP contribution in [0.15, 0.2) is 30.3 Å². The number of rotatable bonds is 4. The first kappa shape index (κ1) is 12.1. The van der Waals surface area contributed by atoms with Gasteiger partial charge in [0.25, 0.3) is 0 Å². The highest BCUT2D eigenvalue weighted by Crippen LogP contribution is 2.17. The summed E-state index contributed by atoms with van der Waals surface area (Å²) in [6.07, 6.45) is 0. The van der Waals surface area contributed by atoms with Crippen molar-refractivity contribution in [2.24, 2.45) is 5.73 Å². The van der Waals surface area contributed by atoms with Crippen molar-refractivity contribution >= 4 is 10.4 Å².